The number of ketones is 2. The molecule has 0 aliphatic heterocycles. The average Bonchev–Trinajstić information content (AvgIpc) is 3.26. The van der Waals surface area contributed by atoms with Crippen LogP contribution in [0.5, 0.6) is 0 Å². The van der Waals surface area contributed by atoms with E-state index >= 15 is 0 Å². The van der Waals surface area contributed by atoms with Crippen LogP contribution >= 0.6 is 0 Å². The molecule has 6 rings (SSSR count). The maximum Gasteiger partial charge on any atom is 0.408 e. The number of methoxy groups -OCH3 is 1. The molecule has 12 heteroatoms. The molecule has 0 bridgehead atoms. The Morgan fingerprint density at radius 1 is 0.613 bits per heavy atom. The number of carboxylic acids is 1. The third kappa shape index (κ3) is 14.2. The van der Waals surface area contributed by atoms with Crippen molar-refractivity contribution in [1.29, 1.82) is 0 Å². The highest BCUT2D eigenvalue weighted by molar-refractivity contribution is 5.94. The molecule has 4 N–H and O–H groups in total. The number of aromatic nitrogens is 2. The van der Waals surface area contributed by atoms with E-state index in [1.165, 1.54) is 13.2 Å². The van der Waals surface area contributed by atoms with Gasteiger partial charge >= 0.3 is 18.0 Å². The van der Waals surface area contributed by atoms with Crippen LogP contribution in [-0.2, 0) is 44.7 Å². The number of esters is 1. The molecule has 0 spiro atoms. The lowest BCUT2D eigenvalue weighted by atomic mass is 9.94. The molecule has 2 heterocycles. The van der Waals surface area contributed by atoms with Crippen molar-refractivity contribution in [1.82, 2.24) is 15.3 Å². The van der Waals surface area contributed by atoms with Crippen LogP contribution in [0.1, 0.15) is 63.7 Å². The van der Waals surface area contributed by atoms with Gasteiger partial charge in [-0.25, -0.2) is 14.4 Å². The van der Waals surface area contributed by atoms with Crippen LogP contribution in [0, 0.1) is 0 Å². The molecule has 2 atom stereocenters. The van der Waals surface area contributed by atoms with Crippen molar-refractivity contribution >= 4 is 29.6 Å². The number of hydrogen-bond donors (Lipinski definition) is 3. The van der Waals surface area contributed by atoms with Gasteiger partial charge < -0.3 is 25.6 Å². The maximum absolute atomic E-state index is 13.4. The Morgan fingerprint density at radius 3 is 1.56 bits per heavy atom. The van der Waals surface area contributed by atoms with Gasteiger partial charge in [0.2, 0.25) is 0 Å². The number of amides is 1. The van der Waals surface area contributed by atoms with Gasteiger partial charge in [-0.2, -0.15) is 0 Å². The molecule has 1 amide bonds. The van der Waals surface area contributed by atoms with E-state index in [1.54, 1.807) is 75.9 Å². The first-order chi connectivity index (χ1) is 29.7. The normalized spacial score (nSPS) is 11.8. The number of carbonyl (C=O) groups is 5. The second kappa shape index (κ2) is 21.8. The smallest absolute Gasteiger partial charge is 0.408 e. The fourth-order valence-electron chi connectivity index (χ4n) is 6.55. The molecular formula is C50H50N4O8. The van der Waals surface area contributed by atoms with E-state index in [9.17, 15) is 29.1 Å². The third-order valence-corrected chi connectivity index (χ3v) is 9.51. The Bertz CT molecular complexity index is 2460. The van der Waals surface area contributed by atoms with Crippen LogP contribution in [0.2, 0.25) is 0 Å². The summed E-state index contributed by atoms with van der Waals surface area (Å²) in [6.45, 7) is 5.29. The van der Waals surface area contributed by atoms with Crippen molar-refractivity contribution in [3.05, 3.63) is 179 Å². The number of rotatable bonds is 15. The quantitative estimate of drug-likeness (QED) is 0.0853. The van der Waals surface area contributed by atoms with E-state index in [4.69, 9.17) is 15.2 Å². The number of nitrogens with one attached hydrogen (secondary N) is 1. The largest absolute Gasteiger partial charge is 0.478 e. The average molecular weight is 835 g/mol. The molecule has 0 saturated heterocycles. The van der Waals surface area contributed by atoms with Crippen LogP contribution < -0.4 is 11.1 Å². The molecular weight excluding hydrogens is 785 g/mol. The van der Waals surface area contributed by atoms with Gasteiger partial charge in [-0.15, -0.1) is 0 Å². The number of Topliss-reactive ketones (excluding diaryl/α,β-unsaturated/α-hetero) is 2. The second-order valence-corrected chi connectivity index (χ2v) is 15.6. The first-order valence-electron chi connectivity index (χ1n) is 20.0. The summed E-state index contributed by atoms with van der Waals surface area (Å²) in [4.78, 5) is 70.2. The van der Waals surface area contributed by atoms with Gasteiger partial charge in [0.15, 0.2) is 11.6 Å². The maximum atomic E-state index is 13.4. The first-order valence-corrected chi connectivity index (χ1v) is 20.0. The summed E-state index contributed by atoms with van der Waals surface area (Å²) in [5.41, 5.74) is 12.2. The first kappa shape index (κ1) is 45.8. The minimum Gasteiger partial charge on any atom is -0.478 e. The van der Waals surface area contributed by atoms with Gasteiger partial charge in [0.1, 0.15) is 5.60 Å². The molecule has 0 aliphatic rings. The molecule has 0 unspecified atom stereocenters. The van der Waals surface area contributed by atoms with Gasteiger partial charge in [-0.3, -0.25) is 19.6 Å². The monoisotopic (exact) mass is 834 g/mol. The van der Waals surface area contributed by atoms with Crippen LogP contribution in [0.25, 0.3) is 22.3 Å². The van der Waals surface area contributed by atoms with E-state index in [0.29, 0.717) is 29.5 Å². The minimum atomic E-state index is -1.03. The van der Waals surface area contributed by atoms with Gasteiger partial charge in [-0.05, 0) is 127 Å². The summed E-state index contributed by atoms with van der Waals surface area (Å²) in [6, 6.07) is 35.0. The van der Waals surface area contributed by atoms with Gasteiger partial charge in [0.05, 0.1) is 30.3 Å². The third-order valence-electron chi connectivity index (χ3n) is 9.51. The van der Waals surface area contributed by atoms with E-state index in [2.05, 4.69) is 15.3 Å². The molecule has 0 radical (unpaired) electrons. The van der Waals surface area contributed by atoms with Crippen LogP contribution in [0.3, 0.4) is 0 Å². The zero-order valence-electron chi connectivity index (χ0n) is 35.1. The van der Waals surface area contributed by atoms with Crippen molar-refractivity contribution in [3.8, 4) is 22.3 Å². The lowest BCUT2D eigenvalue weighted by Gasteiger charge is -2.23. The Kier molecular flexibility index (Phi) is 16.1. The van der Waals surface area contributed by atoms with E-state index in [1.807, 2.05) is 84.9 Å². The summed E-state index contributed by atoms with van der Waals surface area (Å²) in [5, 5.41) is 12.1. The molecule has 2 aromatic heterocycles. The Labute approximate surface area is 361 Å². The van der Waals surface area contributed by atoms with Crippen molar-refractivity contribution in [2.45, 2.75) is 64.1 Å². The van der Waals surface area contributed by atoms with Gasteiger partial charge in [0, 0.05) is 37.6 Å². The van der Waals surface area contributed by atoms with Crippen molar-refractivity contribution in [2.24, 2.45) is 5.73 Å². The highest BCUT2D eigenvalue weighted by Crippen LogP contribution is 2.25. The molecule has 62 heavy (non-hydrogen) atoms. The number of aromatic carboxylic acids is 1. The highest BCUT2D eigenvalue weighted by atomic mass is 16.6. The Hall–Kier alpha value is -7.31. The minimum absolute atomic E-state index is 0.0101. The van der Waals surface area contributed by atoms with Crippen LogP contribution in [-0.4, -0.2) is 69.5 Å². The Balaban J connectivity index is 0.000000242. The summed E-state index contributed by atoms with van der Waals surface area (Å²) in [5.74, 6) is -1.86. The predicted molar refractivity (Wildman–Crippen MR) is 236 cm³/mol. The molecule has 6 aromatic rings. The topological polar surface area (TPSA) is 188 Å². The van der Waals surface area contributed by atoms with Crippen LogP contribution in [0.4, 0.5) is 4.79 Å². The number of carbonyl (C=O) groups excluding carboxylic acids is 4. The van der Waals surface area contributed by atoms with Crippen LogP contribution in [0.15, 0.2) is 146 Å². The number of nitrogens with two attached hydrogens (primary N) is 1. The summed E-state index contributed by atoms with van der Waals surface area (Å²) >= 11 is 0. The molecule has 4 aromatic carbocycles. The van der Waals surface area contributed by atoms with Crippen molar-refractivity contribution in [2.75, 3.05) is 7.11 Å². The molecule has 12 nitrogen and oxygen atoms in total. The van der Waals surface area contributed by atoms with Crippen molar-refractivity contribution in [3.63, 3.8) is 0 Å². The summed E-state index contributed by atoms with van der Waals surface area (Å²) in [7, 11) is 1.31. The lowest BCUT2D eigenvalue weighted by molar-refractivity contribution is -0.120. The standard InChI is InChI=1S/C28H30N2O5.C22H20N2O3/c1-28(2,3)35-27(33)30-24(16-19-8-6-5-7-9-19)25(31)17-20-14-22(21-10-12-29-13-11-21)18-23(15-20)26(32)34-4;23-20(12-15-4-2-1-3-5-15)21(25)13-16-10-18(14-19(11-16)22(26)27)17-6-8-24-9-7-17/h5-15,18,24H,16-17H2,1-4H3,(H,30,33);1-11,14,20H,12-13,23H2,(H,26,27)/t24-;20-/m00/s1. The fourth-order valence-corrected chi connectivity index (χ4v) is 6.55. The zero-order chi connectivity index (χ0) is 44.6. The van der Waals surface area contributed by atoms with E-state index in [-0.39, 0.29) is 30.0 Å². The molecule has 318 valence electrons. The lowest BCUT2D eigenvalue weighted by Crippen LogP contribution is -2.45. The SMILES string of the molecule is COC(=O)c1cc(CC(=O)[C@H](Cc2ccccc2)NC(=O)OC(C)(C)C)cc(-c2ccncc2)c1.N[C@@H](Cc1ccccc1)C(=O)Cc1cc(C(=O)O)cc(-c2ccncc2)c1. The number of nitrogens with zero attached hydrogens (tertiary/aromatic N) is 2. The fraction of sp³-hybridized carbons (Fsp3) is 0.220. The number of hydrogen-bond acceptors (Lipinski definition) is 10. The Morgan fingerprint density at radius 2 is 1.08 bits per heavy atom. The van der Waals surface area contributed by atoms with E-state index in [0.717, 1.165) is 33.4 Å². The van der Waals surface area contributed by atoms with E-state index < -0.39 is 35.7 Å². The summed E-state index contributed by atoms with van der Waals surface area (Å²) < 4.78 is 10.3. The van der Waals surface area contributed by atoms with Gasteiger partial charge in [-0.1, -0.05) is 72.8 Å². The number of carboxylic acid groups (broad SMARTS) is 1. The number of pyridine rings is 2. The van der Waals surface area contributed by atoms with Gasteiger partial charge in [0.25, 0.3) is 0 Å². The molecule has 0 saturated carbocycles. The number of ether oxygens (including phenoxy) is 2. The summed E-state index contributed by atoms with van der Waals surface area (Å²) in [6.07, 6.45) is 6.81. The zero-order valence-corrected chi connectivity index (χ0v) is 35.1. The highest BCUT2D eigenvalue weighted by Gasteiger charge is 2.26. The molecule has 0 aliphatic carbocycles. The number of benzene rings is 4. The number of alkyl carbamates (subject to hydrolysis) is 1. The van der Waals surface area contributed by atoms with Crippen molar-refractivity contribution < 1.29 is 38.6 Å². The second-order valence-electron chi connectivity index (χ2n) is 15.6. The predicted octanol–water partition coefficient (Wildman–Crippen LogP) is 7.91. The molecule has 0 fully saturated rings.